The van der Waals surface area contributed by atoms with Gasteiger partial charge >= 0.3 is 5.97 Å². The van der Waals surface area contributed by atoms with Crippen LogP contribution < -0.4 is 4.72 Å². The monoisotopic (exact) mass is 369 g/mol. The van der Waals surface area contributed by atoms with E-state index in [0.29, 0.717) is 4.47 Å². The van der Waals surface area contributed by atoms with Gasteiger partial charge in [-0.1, -0.05) is 0 Å². The Kier molecular flexibility index (Phi) is 4.31. The van der Waals surface area contributed by atoms with Crippen LogP contribution in [0.5, 0.6) is 0 Å². The van der Waals surface area contributed by atoms with Crippen molar-refractivity contribution in [1.29, 1.82) is 0 Å². The fourth-order valence-electron chi connectivity index (χ4n) is 1.85. The number of aliphatic carboxylic acids is 1. The van der Waals surface area contributed by atoms with Crippen LogP contribution in [0.3, 0.4) is 0 Å². The van der Waals surface area contributed by atoms with E-state index in [2.05, 4.69) is 20.7 Å². The Labute approximate surface area is 123 Å². The Morgan fingerprint density at radius 2 is 2.11 bits per heavy atom. The van der Waals surface area contributed by atoms with Gasteiger partial charge in [0.1, 0.15) is 9.75 Å². The molecule has 0 atom stereocenters. The van der Waals surface area contributed by atoms with Crippen molar-refractivity contribution in [2.75, 3.05) is 13.2 Å². The molecular formula is C10H12BrNO5S2. The third-order valence-electron chi connectivity index (χ3n) is 2.91. The predicted octanol–water partition coefficient (Wildman–Crippen LogP) is 1.42. The summed E-state index contributed by atoms with van der Waals surface area (Å²) in [5.41, 5.74) is -1.49. The second-order valence-electron chi connectivity index (χ2n) is 4.16. The molecule has 0 aromatic carbocycles. The maximum atomic E-state index is 12.3. The van der Waals surface area contributed by atoms with Crippen LogP contribution in [-0.2, 0) is 19.6 Å². The van der Waals surface area contributed by atoms with Gasteiger partial charge < -0.3 is 9.84 Å². The zero-order chi connectivity index (χ0) is 14.1. The molecule has 0 bridgehead atoms. The summed E-state index contributed by atoms with van der Waals surface area (Å²) in [6.07, 6.45) is 0.231. The highest BCUT2D eigenvalue weighted by molar-refractivity contribution is 9.10. The summed E-state index contributed by atoms with van der Waals surface area (Å²) >= 11 is 4.17. The van der Waals surface area contributed by atoms with E-state index in [-0.39, 0.29) is 30.3 Å². The van der Waals surface area contributed by atoms with Crippen molar-refractivity contribution in [2.45, 2.75) is 22.6 Å². The highest BCUT2D eigenvalue weighted by Gasteiger charge is 2.44. The van der Waals surface area contributed by atoms with Gasteiger partial charge in [-0.3, -0.25) is 4.79 Å². The average Bonchev–Trinajstić information content (AvgIpc) is 2.77. The number of sulfonamides is 1. The van der Waals surface area contributed by atoms with Crippen LogP contribution in [-0.4, -0.2) is 38.2 Å². The summed E-state index contributed by atoms with van der Waals surface area (Å²) in [4.78, 5) is 11.4. The molecule has 1 saturated heterocycles. The van der Waals surface area contributed by atoms with E-state index in [4.69, 9.17) is 4.74 Å². The molecule has 2 rings (SSSR count). The molecule has 1 aliphatic heterocycles. The molecule has 19 heavy (non-hydrogen) atoms. The van der Waals surface area contributed by atoms with Crippen molar-refractivity contribution in [1.82, 2.24) is 4.72 Å². The van der Waals surface area contributed by atoms with E-state index in [1.54, 1.807) is 11.4 Å². The maximum Gasteiger partial charge on any atom is 0.325 e. The van der Waals surface area contributed by atoms with E-state index in [9.17, 15) is 18.3 Å². The van der Waals surface area contributed by atoms with Crippen molar-refractivity contribution in [3.63, 3.8) is 0 Å². The van der Waals surface area contributed by atoms with Gasteiger partial charge in [0.2, 0.25) is 0 Å². The molecule has 2 N–H and O–H groups in total. The van der Waals surface area contributed by atoms with Crippen molar-refractivity contribution >= 4 is 43.3 Å². The Morgan fingerprint density at radius 1 is 1.47 bits per heavy atom. The molecule has 0 unspecified atom stereocenters. The molecule has 1 fully saturated rings. The van der Waals surface area contributed by atoms with Crippen LogP contribution in [0.1, 0.15) is 12.8 Å². The van der Waals surface area contributed by atoms with E-state index >= 15 is 0 Å². The molecule has 1 aromatic heterocycles. The Morgan fingerprint density at radius 3 is 2.58 bits per heavy atom. The van der Waals surface area contributed by atoms with E-state index in [1.807, 2.05) is 0 Å². The van der Waals surface area contributed by atoms with E-state index in [1.165, 1.54) is 0 Å². The number of thiophene rings is 1. The standard InChI is InChI=1S/C10H12BrNO5S2/c11-7-1-6-18-8(7)19(15,16)12-10(9(13)14)2-4-17-5-3-10/h1,6,12H,2-5H2,(H,13,14). The van der Waals surface area contributed by atoms with Gasteiger partial charge in [0.25, 0.3) is 10.0 Å². The fraction of sp³-hybridized carbons (Fsp3) is 0.500. The number of nitrogens with one attached hydrogen (secondary N) is 1. The van der Waals surface area contributed by atoms with Gasteiger partial charge in [-0.05, 0) is 27.4 Å². The first kappa shape index (κ1) is 14.9. The normalized spacial score (nSPS) is 19.2. The van der Waals surface area contributed by atoms with Gasteiger partial charge in [-0.15, -0.1) is 11.3 Å². The Bertz CT molecular complexity index is 576. The minimum Gasteiger partial charge on any atom is -0.480 e. The van der Waals surface area contributed by atoms with E-state index in [0.717, 1.165) is 11.3 Å². The van der Waals surface area contributed by atoms with Crippen molar-refractivity contribution in [3.05, 3.63) is 15.9 Å². The Hall–Kier alpha value is -0.480. The summed E-state index contributed by atoms with van der Waals surface area (Å²) < 4.78 is 32.4. The second kappa shape index (κ2) is 5.49. The van der Waals surface area contributed by atoms with Crippen LogP contribution in [0.15, 0.2) is 20.1 Å². The molecule has 0 radical (unpaired) electrons. The molecule has 2 heterocycles. The summed E-state index contributed by atoms with van der Waals surface area (Å²) in [5, 5.41) is 10.9. The first-order valence-electron chi connectivity index (χ1n) is 5.45. The molecule has 0 saturated carbocycles. The van der Waals surface area contributed by atoms with Crippen LogP contribution >= 0.6 is 27.3 Å². The minimum atomic E-state index is -3.87. The Balaban J connectivity index is 2.32. The smallest absolute Gasteiger partial charge is 0.325 e. The van der Waals surface area contributed by atoms with Crippen LogP contribution in [0, 0.1) is 0 Å². The van der Waals surface area contributed by atoms with Gasteiger partial charge in [0.05, 0.1) is 0 Å². The molecule has 0 amide bonds. The highest BCUT2D eigenvalue weighted by Crippen LogP contribution is 2.30. The third kappa shape index (κ3) is 3.00. The predicted molar refractivity (Wildman–Crippen MR) is 72.8 cm³/mol. The highest BCUT2D eigenvalue weighted by atomic mass is 79.9. The SMILES string of the molecule is O=C(O)C1(NS(=O)(=O)c2sccc2Br)CCOCC1. The topological polar surface area (TPSA) is 92.7 Å². The zero-order valence-electron chi connectivity index (χ0n) is 9.76. The number of carboxylic acid groups (broad SMARTS) is 1. The van der Waals surface area contributed by atoms with Gasteiger partial charge in [0, 0.05) is 30.5 Å². The van der Waals surface area contributed by atoms with Gasteiger partial charge in [0.15, 0.2) is 0 Å². The summed E-state index contributed by atoms with van der Waals surface area (Å²) in [5.74, 6) is -1.17. The average molecular weight is 370 g/mol. The van der Waals surface area contributed by atoms with Crippen molar-refractivity contribution in [3.8, 4) is 0 Å². The lowest BCUT2D eigenvalue weighted by Gasteiger charge is -2.33. The van der Waals surface area contributed by atoms with E-state index < -0.39 is 21.5 Å². The molecule has 1 aromatic rings. The second-order valence-corrected chi connectivity index (χ2v) is 7.81. The first-order chi connectivity index (χ1) is 8.87. The van der Waals surface area contributed by atoms with Crippen LogP contribution in [0.2, 0.25) is 0 Å². The first-order valence-corrected chi connectivity index (χ1v) is 8.61. The maximum absolute atomic E-state index is 12.3. The van der Waals surface area contributed by atoms with Crippen LogP contribution in [0.25, 0.3) is 0 Å². The molecule has 1 aliphatic rings. The van der Waals surface area contributed by atoms with Crippen molar-refractivity contribution in [2.24, 2.45) is 0 Å². The quantitative estimate of drug-likeness (QED) is 0.836. The fourth-order valence-corrected chi connectivity index (χ4v) is 5.61. The van der Waals surface area contributed by atoms with Gasteiger partial charge in [-0.2, -0.15) is 4.72 Å². The number of carbonyl (C=O) groups is 1. The third-order valence-corrected chi connectivity index (χ3v) is 7.12. The lowest BCUT2D eigenvalue weighted by molar-refractivity contribution is -0.147. The van der Waals surface area contributed by atoms with Crippen molar-refractivity contribution < 1.29 is 23.1 Å². The summed E-state index contributed by atoms with van der Waals surface area (Å²) in [6.45, 7) is 0.445. The number of ether oxygens (including phenoxy) is 1. The lowest BCUT2D eigenvalue weighted by atomic mass is 9.92. The summed E-state index contributed by atoms with van der Waals surface area (Å²) in [7, 11) is -3.87. The molecule has 6 nitrogen and oxygen atoms in total. The zero-order valence-corrected chi connectivity index (χ0v) is 13.0. The number of carboxylic acids is 1. The molecule has 106 valence electrons. The largest absolute Gasteiger partial charge is 0.480 e. The molecular weight excluding hydrogens is 358 g/mol. The minimum absolute atomic E-state index is 0.0830. The molecule has 9 heteroatoms. The summed E-state index contributed by atoms with van der Waals surface area (Å²) in [6, 6.07) is 1.61. The lowest BCUT2D eigenvalue weighted by Crippen LogP contribution is -2.57. The number of rotatable bonds is 4. The molecule has 0 spiro atoms. The number of hydrogen-bond acceptors (Lipinski definition) is 5. The molecule has 0 aliphatic carbocycles. The van der Waals surface area contributed by atoms with Crippen LogP contribution in [0.4, 0.5) is 0 Å². The van der Waals surface area contributed by atoms with Gasteiger partial charge in [-0.25, -0.2) is 8.42 Å². The number of halogens is 1. The number of hydrogen-bond donors (Lipinski definition) is 2.